The highest BCUT2D eigenvalue weighted by molar-refractivity contribution is 5.91. The molecule has 2 aromatic rings. The molecule has 5 N–H and O–H groups in total. The van der Waals surface area contributed by atoms with Gasteiger partial charge in [0.2, 0.25) is 0 Å². The van der Waals surface area contributed by atoms with E-state index in [4.69, 9.17) is 20.8 Å². The highest BCUT2D eigenvalue weighted by Gasteiger charge is 2.44. The van der Waals surface area contributed by atoms with Crippen molar-refractivity contribution in [1.82, 2.24) is 14.5 Å². The van der Waals surface area contributed by atoms with Crippen molar-refractivity contribution in [3.63, 3.8) is 0 Å². The van der Waals surface area contributed by atoms with Gasteiger partial charge in [-0.05, 0) is 0 Å². The fraction of sp³-hybridized carbons (Fsp3) is 0.417. The fourth-order valence-electron chi connectivity index (χ4n) is 2.50. The van der Waals surface area contributed by atoms with Crippen molar-refractivity contribution in [2.24, 2.45) is 0 Å². The average molecular weight is 291 g/mol. The van der Waals surface area contributed by atoms with Gasteiger partial charge >= 0.3 is 0 Å². The van der Waals surface area contributed by atoms with E-state index in [-0.39, 0.29) is 11.4 Å². The summed E-state index contributed by atoms with van der Waals surface area (Å²) in [6.07, 6.45) is -1.72. The molecule has 1 aliphatic rings. The summed E-state index contributed by atoms with van der Waals surface area (Å²) in [7, 11) is 0. The lowest BCUT2D eigenvalue weighted by Gasteiger charge is -2.17. The van der Waals surface area contributed by atoms with Crippen LogP contribution in [0.4, 0.5) is 5.82 Å². The Labute approximate surface area is 118 Å². The Kier molecular flexibility index (Phi) is 3.23. The third-order valence-corrected chi connectivity index (χ3v) is 3.55. The molecule has 21 heavy (non-hydrogen) atoms. The van der Waals surface area contributed by atoms with Gasteiger partial charge in [-0.3, -0.25) is 0 Å². The number of nitrogen functional groups attached to an aromatic ring is 1. The van der Waals surface area contributed by atoms with E-state index < -0.39 is 31.1 Å². The van der Waals surface area contributed by atoms with Crippen LogP contribution in [0, 0.1) is 11.3 Å². The van der Waals surface area contributed by atoms with Crippen molar-refractivity contribution in [2.75, 3.05) is 12.3 Å². The third kappa shape index (κ3) is 1.93. The SMILES string of the molecule is N#Cc1cn([C@@H]2OC(CO)[C@@H](O)[C@H]2O)c2ncnc(N)c12. The quantitative estimate of drug-likeness (QED) is 0.521. The number of nitrogens with zero attached hydrogens (tertiary/aromatic N) is 4. The van der Waals surface area contributed by atoms with Gasteiger partial charge in [-0.15, -0.1) is 0 Å². The molecule has 9 heteroatoms. The van der Waals surface area contributed by atoms with Gasteiger partial charge in [-0.25, -0.2) is 9.97 Å². The zero-order valence-electron chi connectivity index (χ0n) is 10.8. The van der Waals surface area contributed by atoms with E-state index in [2.05, 4.69) is 9.97 Å². The molecule has 1 aliphatic heterocycles. The minimum Gasteiger partial charge on any atom is -0.394 e. The van der Waals surface area contributed by atoms with Gasteiger partial charge in [0.05, 0.1) is 17.6 Å². The summed E-state index contributed by atoms with van der Waals surface area (Å²) in [4.78, 5) is 7.88. The number of anilines is 1. The number of fused-ring (bicyclic) bond motifs is 1. The normalized spacial score (nSPS) is 28.9. The molecular weight excluding hydrogens is 278 g/mol. The zero-order valence-corrected chi connectivity index (χ0v) is 10.8. The first-order valence-corrected chi connectivity index (χ1v) is 6.22. The van der Waals surface area contributed by atoms with Crippen molar-refractivity contribution < 1.29 is 20.1 Å². The average Bonchev–Trinajstić information content (AvgIpc) is 2.99. The van der Waals surface area contributed by atoms with Crippen LogP contribution in [-0.4, -0.2) is 54.8 Å². The molecule has 0 saturated carbocycles. The van der Waals surface area contributed by atoms with Crippen molar-refractivity contribution in [1.29, 1.82) is 5.26 Å². The van der Waals surface area contributed by atoms with E-state index in [1.54, 1.807) is 0 Å². The lowest BCUT2D eigenvalue weighted by atomic mass is 10.1. The van der Waals surface area contributed by atoms with Crippen LogP contribution in [0.2, 0.25) is 0 Å². The number of ether oxygens (including phenoxy) is 1. The summed E-state index contributed by atoms with van der Waals surface area (Å²) >= 11 is 0. The minimum atomic E-state index is -1.26. The number of aromatic nitrogens is 3. The molecule has 2 aromatic heterocycles. The maximum absolute atomic E-state index is 10.1. The molecule has 110 valence electrons. The molecule has 3 rings (SSSR count). The molecule has 0 aromatic carbocycles. The van der Waals surface area contributed by atoms with Crippen LogP contribution in [0.25, 0.3) is 11.0 Å². The van der Waals surface area contributed by atoms with E-state index >= 15 is 0 Å². The van der Waals surface area contributed by atoms with E-state index in [0.29, 0.717) is 11.0 Å². The summed E-state index contributed by atoms with van der Waals surface area (Å²) in [5, 5.41) is 38.5. The van der Waals surface area contributed by atoms with Crippen LogP contribution in [-0.2, 0) is 4.74 Å². The molecule has 1 saturated heterocycles. The second-order valence-electron chi connectivity index (χ2n) is 4.75. The van der Waals surface area contributed by atoms with Crippen LogP contribution in [0.15, 0.2) is 12.5 Å². The minimum absolute atomic E-state index is 0.141. The van der Waals surface area contributed by atoms with E-state index in [0.717, 1.165) is 0 Å². The lowest BCUT2D eigenvalue weighted by molar-refractivity contribution is -0.0508. The predicted molar refractivity (Wildman–Crippen MR) is 69.7 cm³/mol. The van der Waals surface area contributed by atoms with Gasteiger partial charge in [0.1, 0.15) is 42.2 Å². The number of nitriles is 1. The smallest absolute Gasteiger partial charge is 0.164 e. The number of hydrogen-bond acceptors (Lipinski definition) is 8. The monoisotopic (exact) mass is 291 g/mol. The van der Waals surface area contributed by atoms with Gasteiger partial charge in [0, 0.05) is 6.20 Å². The molecule has 0 amide bonds. The van der Waals surface area contributed by atoms with Crippen LogP contribution < -0.4 is 5.73 Å². The number of nitrogens with two attached hydrogens (primary N) is 1. The Morgan fingerprint density at radius 3 is 2.76 bits per heavy atom. The van der Waals surface area contributed by atoms with Crippen LogP contribution >= 0.6 is 0 Å². The molecule has 1 unspecified atom stereocenters. The molecule has 9 nitrogen and oxygen atoms in total. The molecule has 1 fully saturated rings. The highest BCUT2D eigenvalue weighted by Crippen LogP contribution is 2.34. The second kappa shape index (κ2) is 4.94. The summed E-state index contributed by atoms with van der Waals surface area (Å²) in [5.74, 6) is 0.141. The second-order valence-corrected chi connectivity index (χ2v) is 4.75. The summed E-state index contributed by atoms with van der Waals surface area (Å²) in [6.45, 7) is -0.434. The molecule has 0 aliphatic carbocycles. The standard InChI is InChI=1S/C12H13N5O4/c13-1-5-2-17(11-7(5)10(14)15-4-16-11)12-9(20)8(19)6(3-18)21-12/h2,4,6,8-9,12,18-20H,3H2,(H2,14,15,16)/t6?,8-,9-,12-/m1/s1. The van der Waals surface area contributed by atoms with Crippen molar-refractivity contribution >= 4 is 16.9 Å². The summed E-state index contributed by atoms with van der Waals surface area (Å²) in [5.41, 5.74) is 6.30. The Balaban J connectivity index is 2.14. The maximum atomic E-state index is 10.1. The molecule has 4 atom stereocenters. The summed E-state index contributed by atoms with van der Waals surface area (Å²) in [6, 6.07) is 1.98. The van der Waals surface area contributed by atoms with Crippen LogP contribution in [0.3, 0.4) is 0 Å². The van der Waals surface area contributed by atoms with Crippen molar-refractivity contribution in [3.8, 4) is 6.07 Å². The first-order chi connectivity index (χ1) is 10.1. The van der Waals surface area contributed by atoms with Gasteiger partial charge in [0.25, 0.3) is 0 Å². The van der Waals surface area contributed by atoms with E-state index in [1.807, 2.05) is 6.07 Å². The first-order valence-electron chi connectivity index (χ1n) is 6.22. The Morgan fingerprint density at radius 2 is 2.14 bits per heavy atom. The zero-order chi connectivity index (χ0) is 15.1. The van der Waals surface area contributed by atoms with Crippen molar-refractivity contribution in [2.45, 2.75) is 24.5 Å². The van der Waals surface area contributed by atoms with Gasteiger partial charge < -0.3 is 30.4 Å². The largest absolute Gasteiger partial charge is 0.394 e. The van der Waals surface area contributed by atoms with Gasteiger partial charge in [-0.2, -0.15) is 5.26 Å². The van der Waals surface area contributed by atoms with Crippen LogP contribution in [0.1, 0.15) is 11.8 Å². The summed E-state index contributed by atoms with van der Waals surface area (Å²) < 4.78 is 6.84. The number of rotatable bonds is 2. The molecular formula is C12H13N5O4. The van der Waals surface area contributed by atoms with Gasteiger partial charge in [0.15, 0.2) is 6.23 Å². The van der Waals surface area contributed by atoms with Crippen molar-refractivity contribution in [3.05, 3.63) is 18.1 Å². The van der Waals surface area contributed by atoms with E-state index in [1.165, 1.54) is 17.1 Å². The topological polar surface area (TPSA) is 150 Å². The predicted octanol–water partition coefficient (Wildman–Crippen LogP) is -1.50. The molecule has 0 bridgehead atoms. The number of aliphatic hydroxyl groups excluding tert-OH is 3. The number of hydrogen-bond donors (Lipinski definition) is 4. The Hall–Kier alpha value is -2.25. The molecule has 0 spiro atoms. The maximum Gasteiger partial charge on any atom is 0.164 e. The van der Waals surface area contributed by atoms with E-state index in [9.17, 15) is 10.2 Å². The number of aliphatic hydroxyl groups is 3. The molecule has 0 radical (unpaired) electrons. The Bertz CT molecular complexity index is 724. The third-order valence-electron chi connectivity index (χ3n) is 3.55. The molecule has 3 heterocycles. The Morgan fingerprint density at radius 1 is 1.38 bits per heavy atom. The van der Waals surface area contributed by atoms with Gasteiger partial charge in [-0.1, -0.05) is 0 Å². The van der Waals surface area contributed by atoms with Crippen LogP contribution in [0.5, 0.6) is 0 Å². The fourth-order valence-corrected chi connectivity index (χ4v) is 2.50. The highest BCUT2D eigenvalue weighted by atomic mass is 16.6. The lowest BCUT2D eigenvalue weighted by Crippen LogP contribution is -2.33. The first kappa shape index (κ1) is 13.7.